The van der Waals surface area contributed by atoms with Crippen molar-refractivity contribution in [1.82, 2.24) is 0 Å². The molecule has 0 aliphatic rings. The molecule has 0 aliphatic heterocycles. The van der Waals surface area contributed by atoms with Crippen molar-refractivity contribution in [2.45, 2.75) is 33.3 Å². The third kappa shape index (κ3) is 11.6. The first-order valence-corrected chi connectivity index (χ1v) is 3.66. The van der Waals surface area contributed by atoms with E-state index in [1.165, 1.54) is 6.92 Å². The summed E-state index contributed by atoms with van der Waals surface area (Å²) < 4.78 is 9.31. The SMILES string of the molecule is CC(=O)OCC(=O)OC(C)(C)C.[Rh]. The molecule has 0 fully saturated rings. The fraction of sp³-hybridized carbons (Fsp3) is 0.750. The van der Waals surface area contributed by atoms with E-state index in [0.717, 1.165) is 0 Å². The summed E-state index contributed by atoms with van der Waals surface area (Å²) in [5.74, 6) is -1.02. The maximum absolute atomic E-state index is 10.9. The predicted molar refractivity (Wildman–Crippen MR) is 42.5 cm³/mol. The molecule has 0 spiro atoms. The molecule has 0 atom stereocenters. The van der Waals surface area contributed by atoms with Crippen molar-refractivity contribution in [3.63, 3.8) is 0 Å². The Morgan fingerprint density at radius 1 is 1.23 bits per heavy atom. The number of esters is 2. The Hall–Kier alpha value is -0.437. The molecule has 0 saturated carbocycles. The van der Waals surface area contributed by atoms with Gasteiger partial charge in [-0.05, 0) is 20.8 Å². The van der Waals surface area contributed by atoms with Gasteiger partial charge in [-0.1, -0.05) is 0 Å². The Labute approximate surface area is 90.7 Å². The van der Waals surface area contributed by atoms with Crippen LogP contribution >= 0.6 is 0 Å². The molecule has 0 unspecified atom stereocenters. The molecule has 0 saturated heterocycles. The first kappa shape index (κ1) is 15.1. The van der Waals surface area contributed by atoms with Gasteiger partial charge in [-0.25, -0.2) is 4.79 Å². The smallest absolute Gasteiger partial charge is 0.344 e. The Kier molecular flexibility index (Phi) is 7.05. The minimum atomic E-state index is -0.531. The van der Waals surface area contributed by atoms with E-state index in [1.54, 1.807) is 20.8 Å². The number of carbonyl (C=O) groups excluding carboxylic acids is 2. The van der Waals surface area contributed by atoms with Crippen LogP contribution in [0.1, 0.15) is 27.7 Å². The molecule has 0 aromatic carbocycles. The van der Waals surface area contributed by atoms with Crippen LogP contribution < -0.4 is 0 Å². The molecule has 0 N–H and O–H groups in total. The average molecular weight is 277 g/mol. The number of hydrogen-bond acceptors (Lipinski definition) is 4. The van der Waals surface area contributed by atoms with E-state index in [4.69, 9.17) is 4.74 Å². The molecule has 5 heteroatoms. The van der Waals surface area contributed by atoms with Crippen LogP contribution in [-0.4, -0.2) is 24.1 Å². The zero-order chi connectivity index (χ0) is 9.78. The fourth-order valence-electron chi connectivity index (χ4n) is 0.532. The second kappa shape index (κ2) is 6.08. The van der Waals surface area contributed by atoms with Gasteiger partial charge in [0, 0.05) is 26.4 Å². The maximum atomic E-state index is 10.9. The molecule has 0 heterocycles. The van der Waals surface area contributed by atoms with Gasteiger partial charge in [0.05, 0.1) is 0 Å². The van der Waals surface area contributed by atoms with Crippen molar-refractivity contribution < 1.29 is 38.5 Å². The number of hydrogen-bond donors (Lipinski definition) is 0. The second-order valence-corrected chi connectivity index (χ2v) is 3.37. The van der Waals surface area contributed by atoms with Crippen LogP contribution in [0, 0.1) is 0 Å². The summed E-state index contributed by atoms with van der Waals surface area (Å²) >= 11 is 0. The molecule has 4 nitrogen and oxygen atoms in total. The zero-order valence-electron chi connectivity index (χ0n) is 8.17. The van der Waals surface area contributed by atoms with Crippen LogP contribution in [0.2, 0.25) is 0 Å². The van der Waals surface area contributed by atoms with E-state index in [0.29, 0.717) is 0 Å². The molecule has 1 radical (unpaired) electrons. The third-order valence-electron chi connectivity index (χ3n) is 0.813. The Balaban J connectivity index is 0. The summed E-state index contributed by atoms with van der Waals surface area (Å²) in [6.45, 7) is 6.17. The molecule has 0 amide bonds. The molecule has 0 bridgehead atoms. The summed E-state index contributed by atoms with van der Waals surface area (Å²) in [6, 6.07) is 0. The van der Waals surface area contributed by atoms with Gasteiger partial charge in [0.2, 0.25) is 0 Å². The first-order valence-electron chi connectivity index (χ1n) is 3.66. The minimum Gasteiger partial charge on any atom is -0.457 e. The third-order valence-corrected chi connectivity index (χ3v) is 0.813. The van der Waals surface area contributed by atoms with Gasteiger partial charge in [-0.3, -0.25) is 4.79 Å². The van der Waals surface area contributed by atoms with Crippen LogP contribution in [0.5, 0.6) is 0 Å². The van der Waals surface area contributed by atoms with Gasteiger partial charge in [-0.2, -0.15) is 0 Å². The van der Waals surface area contributed by atoms with Gasteiger partial charge in [0.25, 0.3) is 0 Å². The normalized spacial score (nSPS) is 9.85. The van der Waals surface area contributed by atoms with Crippen LogP contribution in [0.4, 0.5) is 0 Å². The quantitative estimate of drug-likeness (QED) is 0.555. The first-order chi connectivity index (χ1) is 5.31. The van der Waals surface area contributed by atoms with Crippen LogP contribution in [0.25, 0.3) is 0 Å². The number of carbonyl (C=O) groups is 2. The Morgan fingerprint density at radius 3 is 2.00 bits per heavy atom. The predicted octanol–water partition coefficient (Wildman–Crippen LogP) is 0.889. The molecule has 0 aromatic rings. The summed E-state index contributed by atoms with van der Waals surface area (Å²) in [5, 5.41) is 0. The summed E-state index contributed by atoms with van der Waals surface area (Å²) in [4.78, 5) is 21.1. The van der Waals surface area contributed by atoms with E-state index < -0.39 is 17.5 Å². The van der Waals surface area contributed by atoms with E-state index in [-0.39, 0.29) is 26.1 Å². The Bertz CT molecular complexity index is 183. The van der Waals surface area contributed by atoms with Gasteiger partial charge in [0.1, 0.15) is 5.60 Å². The topological polar surface area (TPSA) is 52.6 Å². The van der Waals surface area contributed by atoms with Crippen LogP contribution in [0.3, 0.4) is 0 Å². The summed E-state index contributed by atoms with van der Waals surface area (Å²) in [7, 11) is 0. The fourth-order valence-corrected chi connectivity index (χ4v) is 0.532. The van der Waals surface area contributed by atoms with Gasteiger partial charge < -0.3 is 9.47 Å². The van der Waals surface area contributed by atoms with Gasteiger partial charge in [-0.15, -0.1) is 0 Å². The minimum absolute atomic E-state index is 0. The summed E-state index contributed by atoms with van der Waals surface area (Å²) in [6.07, 6.45) is 0. The summed E-state index contributed by atoms with van der Waals surface area (Å²) in [5.41, 5.74) is -0.531. The van der Waals surface area contributed by atoms with Crippen molar-refractivity contribution >= 4 is 11.9 Å². The van der Waals surface area contributed by atoms with Crippen molar-refractivity contribution in [2.24, 2.45) is 0 Å². The monoisotopic (exact) mass is 277 g/mol. The van der Waals surface area contributed by atoms with E-state index in [2.05, 4.69) is 4.74 Å². The molecule has 0 aliphatic carbocycles. The van der Waals surface area contributed by atoms with Gasteiger partial charge in [0.15, 0.2) is 6.61 Å². The van der Waals surface area contributed by atoms with Crippen molar-refractivity contribution in [1.29, 1.82) is 0 Å². The van der Waals surface area contributed by atoms with E-state index >= 15 is 0 Å². The van der Waals surface area contributed by atoms with Gasteiger partial charge >= 0.3 is 11.9 Å². The Morgan fingerprint density at radius 2 is 1.69 bits per heavy atom. The molecule has 0 aromatic heterocycles. The van der Waals surface area contributed by atoms with Crippen molar-refractivity contribution in [3.05, 3.63) is 0 Å². The molecular formula is C8H14O4Rh. The standard InChI is InChI=1S/C8H14O4.Rh/c1-6(9)11-5-7(10)12-8(2,3)4;/h5H2,1-4H3;. The number of rotatable bonds is 2. The maximum Gasteiger partial charge on any atom is 0.344 e. The van der Waals surface area contributed by atoms with Crippen molar-refractivity contribution in [2.75, 3.05) is 6.61 Å². The van der Waals surface area contributed by atoms with E-state index in [9.17, 15) is 9.59 Å². The van der Waals surface area contributed by atoms with Crippen molar-refractivity contribution in [3.8, 4) is 0 Å². The molecule has 79 valence electrons. The second-order valence-electron chi connectivity index (χ2n) is 3.37. The molecule has 0 rings (SSSR count). The average Bonchev–Trinajstić information content (AvgIpc) is 1.79. The zero-order valence-corrected chi connectivity index (χ0v) is 9.81. The largest absolute Gasteiger partial charge is 0.457 e. The number of ether oxygens (including phenoxy) is 2. The van der Waals surface area contributed by atoms with Crippen LogP contribution in [-0.2, 0) is 38.5 Å². The van der Waals surface area contributed by atoms with Crippen LogP contribution in [0.15, 0.2) is 0 Å². The molecule has 13 heavy (non-hydrogen) atoms. The molecular weight excluding hydrogens is 263 g/mol. The van der Waals surface area contributed by atoms with E-state index in [1.807, 2.05) is 0 Å².